The molecule has 0 N–H and O–H groups in total. The first-order valence-corrected chi connectivity index (χ1v) is 4.70. The van der Waals surface area contributed by atoms with E-state index in [9.17, 15) is 4.79 Å². The first kappa shape index (κ1) is 11.3. The van der Waals surface area contributed by atoms with Crippen molar-refractivity contribution in [3.63, 3.8) is 0 Å². The molecule has 0 aliphatic rings. The number of benzene rings is 1. The molecule has 0 heterocycles. The van der Waals surface area contributed by atoms with Crippen LogP contribution in [0.15, 0.2) is 36.2 Å². The summed E-state index contributed by atoms with van der Waals surface area (Å²) in [7, 11) is 3.68. The summed E-state index contributed by atoms with van der Waals surface area (Å²) in [6.45, 7) is 1.94. The molecule has 0 spiro atoms. The van der Waals surface area contributed by atoms with Gasteiger partial charge in [0.15, 0.2) is 12.0 Å². The number of hydrogen-bond acceptors (Lipinski definition) is 3. The topological polar surface area (TPSA) is 29.5 Å². The van der Waals surface area contributed by atoms with Gasteiger partial charge in [0.05, 0.1) is 0 Å². The van der Waals surface area contributed by atoms with E-state index in [0.717, 1.165) is 5.56 Å². The number of carbonyl (C=O) groups excluding carboxylic acids is 1. The molecule has 1 aromatic rings. The highest BCUT2D eigenvalue weighted by molar-refractivity contribution is 5.71. The Morgan fingerprint density at radius 3 is 2.53 bits per heavy atom. The lowest BCUT2D eigenvalue weighted by Gasteiger charge is -2.10. The van der Waals surface area contributed by atoms with Crippen molar-refractivity contribution in [2.45, 2.75) is 6.92 Å². The zero-order chi connectivity index (χ0) is 11.3. The highest BCUT2D eigenvalue weighted by Crippen LogP contribution is 2.18. The fraction of sp³-hybridized carbons (Fsp3) is 0.250. The maximum atomic E-state index is 10.7. The van der Waals surface area contributed by atoms with Crippen LogP contribution in [0.25, 0.3) is 0 Å². The van der Waals surface area contributed by atoms with Gasteiger partial charge in [-0.25, -0.2) is 0 Å². The average Bonchev–Trinajstić information content (AvgIpc) is 2.19. The molecular formula is C12H15NO2. The van der Waals surface area contributed by atoms with Crippen LogP contribution < -0.4 is 4.74 Å². The molecule has 80 valence electrons. The van der Waals surface area contributed by atoms with Crippen molar-refractivity contribution in [1.82, 2.24) is 4.90 Å². The molecule has 0 aliphatic heterocycles. The minimum Gasteiger partial charge on any atom is -0.452 e. The van der Waals surface area contributed by atoms with Gasteiger partial charge in [0.25, 0.3) is 0 Å². The Labute approximate surface area is 90.0 Å². The van der Waals surface area contributed by atoms with Crippen molar-refractivity contribution in [2.24, 2.45) is 0 Å². The standard InChI is InChI=1S/C12H15NO2/c1-10-6-4-5-7-12(10)15-11(9-14)8-13(2)3/h4-9H,1-3H3. The molecule has 3 heteroatoms. The van der Waals surface area contributed by atoms with Gasteiger partial charge in [0.1, 0.15) is 5.75 Å². The zero-order valence-corrected chi connectivity index (χ0v) is 9.23. The van der Waals surface area contributed by atoms with Crippen LogP contribution in [-0.2, 0) is 4.79 Å². The maximum absolute atomic E-state index is 10.7. The summed E-state index contributed by atoms with van der Waals surface area (Å²) < 4.78 is 5.46. The number of aryl methyl sites for hydroxylation is 1. The van der Waals surface area contributed by atoms with Crippen LogP contribution >= 0.6 is 0 Å². The number of ether oxygens (including phenoxy) is 1. The Morgan fingerprint density at radius 1 is 1.33 bits per heavy atom. The number of aldehydes is 1. The molecule has 0 bridgehead atoms. The second kappa shape index (κ2) is 5.20. The minimum atomic E-state index is 0.300. The van der Waals surface area contributed by atoms with E-state index < -0.39 is 0 Å². The predicted octanol–water partition coefficient (Wildman–Crippen LogP) is 1.98. The number of rotatable bonds is 4. The molecule has 0 aliphatic carbocycles. The molecule has 0 radical (unpaired) electrons. The maximum Gasteiger partial charge on any atom is 0.186 e. The zero-order valence-electron chi connectivity index (χ0n) is 9.23. The first-order chi connectivity index (χ1) is 7.13. The number of carbonyl (C=O) groups is 1. The molecule has 15 heavy (non-hydrogen) atoms. The van der Waals surface area contributed by atoms with Crippen LogP contribution in [0.5, 0.6) is 5.75 Å². The summed E-state index contributed by atoms with van der Waals surface area (Å²) in [6.07, 6.45) is 2.34. The molecule has 0 saturated heterocycles. The summed E-state index contributed by atoms with van der Waals surface area (Å²) >= 11 is 0. The minimum absolute atomic E-state index is 0.300. The van der Waals surface area contributed by atoms with Gasteiger partial charge in [0, 0.05) is 20.3 Å². The van der Waals surface area contributed by atoms with Crippen molar-refractivity contribution < 1.29 is 9.53 Å². The highest BCUT2D eigenvalue weighted by atomic mass is 16.5. The molecule has 0 atom stereocenters. The first-order valence-electron chi connectivity index (χ1n) is 4.70. The van der Waals surface area contributed by atoms with Crippen molar-refractivity contribution >= 4 is 6.29 Å². The predicted molar refractivity (Wildman–Crippen MR) is 59.6 cm³/mol. The summed E-state index contributed by atoms with van der Waals surface area (Å²) in [4.78, 5) is 12.5. The van der Waals surface area contributed by atoms with Crippen molar-refractivity contribution in [1.29, 1.82) is 0 Å². The van der Waals surface area contributed by atoms with Gasteiger partial charge in [0.2, 0.25) is 0 Å². The Morgan fingerprint density at radius 2 is 2.00 bits per heavy atom. The van der Waals surface area contributed by atoms with E-state index in [2.05, 4.69) is 0 Å². The van der Waals surface area contributed by atoms with E-state index in [0.29, 0.717) is 17.8 Å². The second-order valence-corrected chi connectivity index (χ2v) is 3.48. The number of allylic oxidation sites excluding steroid dienone is 1. The van der Waals surface area contributed by atoms with Crippen LogP contribution in [0, 0.1) is 6.92 Å². The number of hydrogen-bond donors (Lipinski definition) is 0. The van der Waals surface area contributed by atoms with Gasteiger partial charge in [-0.1, -0.05) is 18.2 Å². The third-order valence-electron chi connectivity index (χ3n) is 1.82. The molecule has 0 amide bonds. The summed E-state index contributed by atoms with van der Waals surface area (Å²) in [6, 6.07) is 7.58. The molecule has 0 aromatic heterocycles. The summed E-state index contributed by atoms with van der Waals surface area (Å²) in [5, 5.41) is 0. The Balaban J connectivity index is 2.85. The van der Waals surface area contributed by atoms with Gasteiger partial charge in [-0.3, -0.25) is 4.79 Å². The van der Waals surface area contributed by atoms with Crippen molar-refractivity contribution in [3.8, 4) is 5.75 Å². The smallest absolute Gasteiger partial charge is 0.186 e. The normalized spacial score (nSPS) is 11.0. The largest absolute Gasteiger partial charge is 0.452 e. The van der Waals surface area contributed by atoms with E-state index in [4.69, 9.17) is 4.74 Å². The van der Waals surface area contributed by atoms with E-state index in [1.807, 2.05) is 45.3 Å². The average molecular weight is 205 g/mol. The Bertz CT molecular complexity index is 370. The summed E-state index contributed by atoms with van der Waals surface area (Å²) in [5.74, 6) is 1.01. The molecular weight excluding hydrogens is 190 g/mol. The van der Waals surface area contributed by atoms with Crippen molar-refractivity contribution in [2.75, 3.05) is 14.1 Å². The van der Waals surface area contributed by atoms with Gasteiger partial charge in [-0.2, -0.15) is 0 Å². The monoisotopic (exact) mass is 205 g/mol. The lowest BCUT2D eigenvalue weighted by atomic mass is 10.2. The molecule has 1 rings (SSSR count). The van der Waals surface area contributed by atoms with Gasteiger partial charge < -0.3 is 9.64 Å². The SMILES string of the molecule is Cc1ccccc1OC(C=O)=CN(C)C. The molecule has 0 unspecified atom stereocenters. The van der Waals surface area contributed by atoms with Crippen molar-refractivity contribution in [3.05, 3.63) is 41.8 Å². The number of para-hydroxylation sites is 1. The molecule has 0 saturated carbocycles. The highest BCUT2D eigenvalue weighted by Gasteiger charge is 2.02. The third kappa shape index (κ3) is 3.46. The van der Waals surface area contributed by atoms with Crippen LogP contribution in [0.1, 0.15) is 5.56 Å². The molecule has 0 fully saturated rings. The van der Waals surface area contributed by atoms with Crippen LogP contribution in [0.2, 0.25) is 0 Å². The van der Waals surface area contributed by atoms with Gasteiger partial charge >= 0.3 is 0 Å². The Kier molecular flexibility index (Phi) is 3.92. The van der Waals surface area contributed by atoms with Crippen LogP contribution in [-0.4, -0.2) is 25.3 Å². The lowest BCUT2D eigenvalue weighted by Crippen LogP contribution is -2.07. The second-order valence-electron chi connectivity index (χ2n) is 3.48. The number of nitrogens with zero attached hydrogens (tertiary/aromatic N) is 1. The van der Waals surface area contributed by atoms with Crippen LogP contribution in [0.4, 0.5) is 0 Å². The Hall–Kier alpha value is -1.77. The van der Waals surface area contributed by atoms with E-state index >= 15 is 0 Å². The van der Waals surface area contributed by atoms with E-state index in [1.54, 1.807) is 11.1 Å². The molecule has 1 aromatic carbocycles. The molecule has 3 nitrogen and oxygen atoms in total. The third-order valence-corrected chi connectivity index (χ3v) is 1.82. The van der Waals surface area contributed by atoms with Gasteiger partial charge in [-0.05, 0) is 18.6 Å². The quantitative estimate of drug-likeness (QED) is 0.427. The fourth-order valence-electron chi connectivity index (χ4n) is 1.13. The summed E-state index contributed by atoms with van der Waals surface area (Å²) in [5.41, 5.74) is 1.00. The van der Waals surface area contributed by atoms with E-state index in [1.165, 1.54) is 0 Å². The van der Waals surface area contributed by atoms with Gasteiger partial charge in [-0.15, -0.1) is 0 Å². The van der Waals surface area contributed by atoms with Crippen LogP contribution in [0.3, 0.4) is 0 Å². The fourth-order valence-corrected chi connectivity index (χ4v) is 1.13. The van der Waals surface area contributed by atoms with E-state index in [-0.39, 0.29) is 0 Å². The lowest BCUT2D eigenvalue weighted by molar-refractivity contribution is -0.106.